The zero-order chi connectivity index (χ0) is 13.2. The van der Waals surface area contributed by atoms with E-state index in [-0.39, 0.29) is 0 Å². The Hall–Kier alpha value is -2.23. The van der Waals surface area contributed by atoms with Crippen molar-refractivity contribution in [3.05, 3.63) is 63.4 Å². The van der Waals surface area contributed by atoms with Crippen LogP contribution in [-0.4, -0.2) is 4.98 Å². The van der Waals surface area contributed by atoms with E-state index in [1.54, 1.807) is 12.1 Å². The molecule has 0 bridgehead atoms. The Kier molecular flexibility index (Phi) is 2.99. The van der Waals surface area contributed by atoms with Gasteiger partial charge in [-0.3, -0.25) is 0 Å². The maximum atomic E-state index is 8.38. The van der Waals surface area contributed by atoms with Crippen molar-refractivity contribution in [1.29, 1.82) is 0 Å². The first-order chi connectivity index (χ1) is 9.26. The van der Waals surface area contributed by atoms with E-state index >= 15 is 0 Å². The first-order valence-electron chi connectivity index (χ1n) is 5.70. The van der Waals surface area contributed by atoms with E-state index in [4.69, 9.17) is 5.53 Å². The molecule has 4 nitrogen and oxygen atoms in total. The van der Waals surface area contributed by atoms with Crippen LogP contribution in [0.1, 0.15) is 0 Å². The van der Waals surface area contributed by atoms with Gasteiger partial charge in [0.25, 0.3) is 0 Å². The zero-order valence-corrected chi connectivity index (χ0v) is 11.4. The molecule has 0 aliphatic rings. The van der Waals surface area contributed by atoms with Crippen LogP contribution in [0.5, 0.6) is 0 Å². The highest BCUT2D eigenvalue weighted by molar-refractivity contribution is 9.10. The number of aromatic amines is 1. The summed E-state index contributed by atoms with van der Waals surface area (Å²) in [4.78, 5) is 6.14. The Morgan fingerprint density at radius 3 is 2.58 bits per heavy atom. The molecule has 1 heterocycles. The van der Waals surface area contributed by atoms with Gasteiger partial charge in [0, 0.05) is 31.7 Å². The number of fused-ring (bicyclic) bond motifs is 1. The van der Waals surface area contributed by atoms with Gasteiger partial charge < -0.3 is 4.98 Å². The molecule has 0 saturated heterocycles. The summed E-state index contributed by atoms with van der Waals surface area (Å²) in [7, 11) is 0. The molecule has 0 saturated carbocycles. The number of aromatic nitrogens is 1. The van der Waals surface area contributed by atoms with Crippen molar-refractivity contribution >= 4 is 32.5 Å². The van der Waals surface area contributed by atoms with Crippen molar-refractivity contribution in [2.75, 3.05) is 0 Å². The minimum atomic E-state index is 0.616. The second-order valence-corrected chi connectivity index (χ2v) is 5.07. The molecule has 0 aliphatic carbocycles. The first-order valence-corrected chi connectivity index (χ1v) is 6.49. The standard InChI is InChI=1S/C14H9BrN4/c15-11-4-1-10-7-13(17-14(10)8-11)9-2-5-12(6-3-9)18-19-16/h1-8,17H. The van der Waals surface area contributed by atoms with Gasteiger partial charge in [-0.25, -0.2) is 0 Å². The highest BCUT2D eigenvalue weighted by Crippen LogP contribution is 2.27. The summed E-state index contributed by atoms with van der Waals surface area (Å²) < 4.78 is 1.05. The van der Waals surface area contributed by atoms with Crippen molar-refractivity contribution in [3.8, 4) is 11.3 Å². The lowest BCUT2D eigenvalue weighted by Gasteiger charge is -1.97. The topological polar surface area (TPSA) is 64.6 Å². The Balaban J connectivity index is 2.05. The fourth-order valence-corrected chi connectivity index (χ4v) is 2.38. The molecular formula is C14H9BrN4. The van der Waals surface area contributed by atoms with Gasteiger partial charge in [-0.1, -0.05) is 51.4 Å². The highest BCUT2D eigenvalue weighted by atomic mass is 79.9. The third-order valence-corrected chi connectivity index (χ3v) is 3.42. The number of benzene rings is 2. The molecule has 5 heteroatoms. The SMILES string of the molecule is [N-]=[N+]=Nc1ccc(-c2cc3ccc(Br)cc3[nH]2)cc1. The van der Waals surface area contributed by atoms with E-state index < -0.39 is 0 Å². The summed E-state index contributed by atoms with van der Waals surface area (Å²) in [6.07, 6.45) is 0. The number of hydrogen-bond acceptors (Lipinski definition) is 1. The Morgan fingerprint density at radius 2 is 1.84 bits per heavy atom. The van der Waals surface area contributed by atoms with Crippen LogP contribution >= 0.6 is 15.9 Å². The molecule has 92 valence electrons. The number of hydrogen-bond donors (Lipinski definition) is 1. The van der Waals surface area contributed by atoms with Crippen molar-refractivity contribution in [1.82, 2.24) is 4.98 Å². The lowest BCUT2D eigenvalue weighted by molar-refractivity contribution is 1.43. The number of azide groups is 1. The Bertz CT molecular complexity index is 783. The second kappa shape index (κ2) is 4.80. The molecule has 2 aromatic carbocycles. The molecule has 0 atom stereocenters. The maximum absolute atomic E-state index is 8.38. The van der Waals surface area contributed by atoms with E-state index in [2.05, 4.69) is 43.1 Å². The molecule has 19 heavy (non-hydrogen) atoms. The predicted octanol–water partition coefficient (Wildman–Crippen LogP) is 5.54. The lowest BCUT2D eigenvalue weighted by Crippen LogP contribution is -1.75. The van der Waals surface area contributed by atoms with Crippen LogP contribution in [0, 0.1) is 0 Å². The van der Waals surface area contributed by atoms with Crippen LogP contribution in [0.3, 0.4) is 0 Å². The van der Waals surface area contributed by atoms with Gasteiger partial charge in [0.05, 0.1) is 0 Å². The molecule has 3 aromatic rings. The molecule has 0 radical (unpaired) electrons. The van der Waals surface area contributed by atoms with Gasteiger partial charge in [-0.05, 0) is 29.3 Å². The van der Waals surface area contributed by atoms with Gasteiger partial charge in [-0.15, -0.1) is 0 Å². The monoisotopic (exact) mass is 312 g/mol. The fraction of sp³-hybridized carbons (Fsp3) is 0. The smallest absolute Gasteiger partial charge is 0.0470 e. The number of halogens is 1. The van der Waals surface area contributed by atoms with Crippen molar-refractivity contribution < 1.29 is 0 Å². The van der Waals surface area contributed by atoms with Gasteiger partial charge in [-0.2, -0.15) is 0 Å². The fourth-order valence-electron chi connectivity index (χ4n) is 2.01. The molecule has 3 rings (SSSR count). The average Bonchev–Trinajstić information content (AvgIpc) is 2.83. The van der Waals surface area contributed by atoms with Crippen LogP contribution in [0.25, 0.3) is 32.6 Å². The third kappa shape index (κ3) is 2.34. The number of H-pyrrole nitrogens is 1. The van der Waals surface area contributed by atoms with Crippen LogP contribution in [-0.2, 0) is 0 Å². The van der Waals surface area contributed by atoms with E-state index in [9.17, 15) is 0 Å². The molecular weight excluding hydrogens is 304 g/mol. The second-order valence-electron chi connectivity index (χ2n) is 4.15. The van der Waals surface area contributed by atoms with E-state index in [1.807, 2.05) is 24.3 Å². The van der Waals surface area contributed by atoms with Gasteiger partial charge in [0.15, 0.2) is 0 Å². The van der Waals surface area contributed by atoms with E-state index in [0.717, 1.165) is 26.6 Å². The summed E-state index contributed by atoms with van der Waals surface area (Å²) in [5, 5.41) is 4.72. The predicted molar refractivity (Wildman–Crippen MR) is 80.2 cm³/mol. The van der Waals surface area contributed by atoms with E-state index in [0.29, 0.717) is 5.69 Å². The quantitative estimate of drug-likeness (QED) is 0.367. The summed E-state index contributed by atoms with van der Waals surface area (Å²) >= 11 is 3.46. The highest BCUT2D eigenvalue weighted by Gasteiger charge is 2.03. The molecule has 0 spiro atoms. The number of rotatable bonds is 2. The third-order valence-electron chi connectivity index (χ3n) is 2.92. The zero-order valence-electron chi connectivity index (χ0n) is 9.84. The molecule has 0 aliphatic heterocycles. The van der Waals surface area contributed by atoms with Crippen LogP contribution in [0.2, 0.25) is 0 Å². The minimum Gasteiger partial charge on any atom is -0.354 e. The largest absolute Gasteiger partial charge is 0.354 e. The lowest BCUT2D eigenvalue weighted by atomic mass is 10.1. The molecule has 1 N–H and O–H groups in total. The van der Waals surface area contributed by atoms with Crippen molar-refractivity contribution in [2.45, 2.75) is 0 Å². The van der Waals surface area contributed by atoms with Crippen molar-refractivity contribution in [2.24, 2.45) is 5.11 Å². The summed E-state index contributed by atoms with van der Waals surface area (Å²) in [6, 6.07) is 15.7. The van der Waals surface area contributed by atoms with Crippen molar-refractivity contribution in [3.63, 3.8) is 0 Å². The maximum Gasteiger partial charge on any atom is 0.0470 e. The number of nitrogens with zero attached hydrogens (tertiary/aromatic N) is 3. The molecule has 1 aromatic heterocycles. The Labute approximate surface area is 117 Å². The normalized spacial score (nSPS) is 10.4. The average molecular weight is 313 g/mol. The van der Waals surface area contributed by atoms with Crippen LogP contribution in [0.15, 0.2) is 58.1 Å². The summed E-state index contributed by atoms with van der Waals surface area (Å²) in [5.41, 5.74) is 12.2. The van der Waals surface area contributed by atoms with Crippen LogP contribution in [0.4, 0.5) is 5.69 Å². The molecule has 0 fully saturated rings. The minimum absolute atomic E-state index is 0.616. The summed E-state index contributed by atoms with van der Waals surface area (Å²) in [6.45, 7) is 0. The summed E-state index contributed by atoms with van der Waals surface area (Å²) in [5.74, 6) is 0. The Morgan fingerprint density at radius 1 is 1.05 bits per heavy atom. The van der Waals surface area contributed by atoms with Crippen LogP contribution < -0.4 is 0 Å². The molecule has 0 unspecified atom stereocenters. The van der Waals surface area contributed by atoms with Gasteiger partial charge >= 0.3 is 0 Å². The van der Waals surface area contributed by atoms with E-state index in [1.165, 1.54) is 0 Å². The van der Waals surface area contributed by atoms with Gasteiger partial charge in [0.1, 0.15) is 0 Å². The van der Waals surface area contributed by atoms with Gasteiger partial charge in [0.2, 0.25) is 0 Å². The number of nitrogens with one attached hydrogen (secondary N) is 1. The first kappa shape index (κ1) is 11.8. The molecule has 0 amide bonds.